The van der Waals surface area contributed by atoms with Crippen LogP contribution in [0.15, 0.2) is 36.4 Å². The highest BCUT2D eigenvalue weighted by molar-refractivity contribution is 5.96. The molecule has 4 rings (SSSR count). The zero-order valence-corrected chi connectivity index (χ0v) is 12.5. The first-order valence-electron chi connectivity index (χ1n) is 7.82. The van der Waals surface area contributed by atoms with Crippen molar-refractivity contribution in [2.75, 3.05) is 5.32 Å². The van der Waals surface area contributed by atoms with Crippen molar-refractivity contribution in [3.05, 3.63) is 42.0 Å². The Morgan fingerprint density at radius 1 is 1.09 bits per heavy atom. The number of rotatable bonds is 3. The van der Waals surface area contributed by atoms with E-state index >= 15 is 0 Å². The molecule has 4 heteroatoms. The number of aliphatic carboxylic acids is 1. The molecule has 0 unspecified atom stereocenters. The van der Waals surface area contributed by atoms with Gasteiger partial charge in [0.2, 0.25) is 5.91 Å². The molecule has 1 spiro atoms. The van der Waals surface area contributed by atoms with Crippen molar-refractivity contribution in [3.63, 3.8) is 0 Å². The van der Waals surface area contributed by atoms with E-state index in [1.165, 1.54) is 0 Å². The smallest absolute Gasteiger partial charge is 0.307 e. The van der Waals surface area contributed by atoms with Crippen LogP contribution in [0.3, 0.4) is 0 Å². The lowest BCUT2D eigenvalue weighted by Crippen LogP contribution is -2.36. The first-order valence-corrected chi connectivity index (χ1v) is 7.82. The lowest BCUT2D eigenvalue weighted by molar-refractivity contribution is -0.146. The number of carboxylic acid groups (broad SMARTS) is 1. The Hall–Kier alpha value is -2.10. The summed E-state index contributed by atoms with van der Waals surface area (Å²) in [7, 11) is 0. The summed E-state index contributed by atoms with van der Waals surface area (Å²) < 4.78 is 0. The van der Waals surface area contributed by atoms with Crippen molar-refractivity contribution in [2.24, 2.45) is 29.1 Å². The van der Waals surface area contributed by atoms with E-state index in [9.17, 15) is 14.7 Å². The number of benzene rings is 1. The number of nitrogens with one attached hydrogen (secondary N) is 1. The Balaban J connectivity index is 1.60. The normalized spacial score (nSPS) is 33.1. The predicted octanol–water partition coefficient (Wildman–Crippen LogP) is 2.85. The maximum absolute atomic E-state index is 12.7. The van der Waals surface area contributed by atoms with Crippen LogP contribution in [-0.2, 0) is 9.59 Å². The molecule has 2 saturated carbocycles. The summed E-state index contributed by atoms with van der Waals surface area (Å²) in [5.74, 6) is -1.90. The molecule has 22 heavy (non-hydrogen) atoms. The molecule has 0 radical (unpaired) electrons. The van der Waals surface area contributed by atoms with Gasteiger partial charge in [-0.1, -0.05) is 29.8 Å². The molecule has 2 bridgehead atoms. The van der Waals surface area contributed by atoms with E-state index in [4.69, 9.17) is 0 Å². The van der Waals surface area contributed by atoms with Crippen LogP contribution in [0.5, 0.6) is 0 Å². The molecule has 4 nitrogen and oxygen atoms in total. The van der Waals surface area contributed by atoms with Crippen LogP contribution in [0.1, 0.15) is 18.4 Å². The molecule has 0 saturated heterocycles. The largest absolute Gasteiger partial charge is 0.481 e. The number of carboxylic acids is 1. The van der Waals surface area contributed by atoms with Crippen LogP contribution < -0.4 is 5.32 Å². The summed E-state index contributed by atoms with van der Waals surface area (Å²) in [4.78, 5) is 24.4. The molecule has 3 aliphatic carbocycles. The lowest BCUT2D eigenvalue weighted by Gasteiger charge is -2.23. The molecule has 2 fully saturated rings. The third-order valence-corrected chi connectivity index (χ3v) is 5.75. The molecule has 1 aromatic carbocycles. The van der Waals surface area contributed by atoms with E-state index in [1.807, 2.05) is 37.3 Å². The molecule has 2 N–H and O–H groups in total. The van der Waals surface area contributed by atoms with Gasteiger partial charge in [0.05, 0.1) is 11.8 Å². The number of amides is 1. The van der Waals surface area contributed by atoms with Crippen LogP contribution in [0.25, 0.3) is 0 Å². The lowest BCUT2D eigenvalue weighted by atomic mass is 9.82. The summed E-state index contributed by atoms with van der Waals surface area (Å²) in [5, 5.41) is 12.5. The number of anilines is 1. The van der Waals surface area contributed by atoms with Crippen molar-refractivity contribution >= 4 is 17.6 Å². The van der Waals surface area contributed by atoms with Crippen LogP contribution in [0.4, 0.5) is 5.69 Å². The number of hydrogen-bond donors (Lipinski definition) is 2. The fourth-order valence-corrected chi connectivity index (χ4v) is 4.55. The number of hydrogen-bond acceptors (Lipinski definition) is 2. The molecule has 1 aromatic rings. The summed E-state index contributed by atoms with van der Waals surface area (Å²) in [5.41, 5.74) is 1.93. The maximum atomic E-state index is 12.7. The average Bonchev–Trinajstić information content (AvgIpc) is 3.15. The number of aryl methyl sites for hydroxylation is 1. The third kappa shape index (κ3) is 1.76. The maximum Gasteiger partial charge on any atom is 0.307 e. The SMILES string of the molecule is Cc1ccc(NC(=O)[C@@H]2[C@@H](C(=O)O)[C@H]3C=C[C@H]2C32CC2)cc1. The minimum Gasteiger partial charge on any atom is -0.481 e. The van der Waals surface area contributed by atoms with Crippen molar-refractivity contribution in [1.29, 1.82) is 0 Å². The molecule has 0 heterocycles. The van der Waals surface area contributed by atoms with E-state index in [1.54, 1.807) is 0 Å². The average molecular weight is 297 g/mol. The zero-order chi connectivity index (χ0) is 15.5. The highest BCUT2D eigenvalue weighted by Crippen LogP contribution is 2.72. The van der Waals surface area contributed by atoms with Gasteiger partial charge >= 0.3 is 5.97 Å². The Morgan fingerprint density at radius 3 is 2.23 bits per heavy atom. The topological polar surface area (TPSA) is 66.4 Å². The monoisotopic (exact) mass is 297 g/mol. The van der Waals surface area contributed by atoms with Crippen LogP contribution in [-0.4, -0.2) is 17.0 Å². The van der Waals surface area contributed by atoms with Crippen LogP contribution in [0.2, 0.25) is 0 Å². The van der Waals surface area contributed by atoms with Gasteiger partial charge in [-0.05, 0) is 49.1 Å². The van der Waals surface area contributed by atoms with Gasteiger partial charge in [-0.15, -0.1) is 0 Å². The van der Waals surface area contributed by atoms with E-state index < -0.39 is 17.8 Å². The molecule has 0 aliphatic heterocycles. The van der Waals surface area contributed by atoms with Gasteiger partial charge in [0.15, 0.2) is 0 Å². The highest BCUT2D eigenvalue weighted by atomic mass is 16.4. The Bertz CT molecular complexity index is 672. The second kappa shape index (κ2) is 4.45. The molecule has 3 aliphatic rings. The molecule has 4 atom stereocenters. The van der Waals surface area contributed by atoms with Gasteiger partial charge in [-0.3, -0.25) is 9.59 Å². The van der Waals surface area contributed by atoms with Gasteiger partial charge < -0.3 is 10.4 Å². The minimum atomic E-state index is -0.841. The summed E-state index contributed by atoms with van der Waals surface area (Å²) in [6.45, 7) is 1.99. The number of allylic oxidation sites excluding steroid dienone is 2. The first-order chi connectivity index (χ1) is 10.5. The second-order valence-corrected chi connectivity index (χ2v) is 6.91. The standard InChI is InChI=1S/C18H19NO3/c1-10-2-4-11(5-3-10)19-16(20)14-12-6-7-13(15(14)17(21)22)18(12)8-9-18/h2-7,12-15H,8-9H2,1H3,(H,19,20)(H,21,22)/t12-,13-,14+,15+/m1/s1. The third-order valence-electron chi connectivity index (χ3n) is 5.75. The van der Waals surface area contributed by atoms with E-state index in [2.05, 4.69) is 11.4 Å². The van der Waals surface area contributed by atoms with E-state index in [0.717, 1.165) is 24.1 Å². The van der Waals surface area contributed by atoms with Gasteiger partial charge in [-0.25, -0.2) is 0 Å². The highest BCUT2D eigenvalue weighted by Gasteiger charge is 2.70. The van der Waals surface area contributed by atoms with Crippen molar-refractivity contribution in [2.45, 2.75) is 19.8 Å². The molecule has 114 valence electrons. The predicted molar refractivity (Wildman–Crippen MR) is 82.2 cm³/mol. The quantitative estimate of drug-likeness (QED) is 0.843. The van der Waals surface area contributed by atoms with Gasteiger partial charge in [0, 0.05) is 5.69 Å². The number of carbonyl (C=O) groups excluding carboxylic acids is 1. The Labute approximate surface area is 129 Å². The Kier molecular flexibility index (Phi) is 2.74. The second-order valence-electron chi connectivity index (χ2n) is 6.91. The van der Waals surface area contributed by atoms with E-state index in [-0.39, 0.29) is 23.2 Å². The van der Waals surface area contributed by atoms with Gasteiger partial charge in [-0.2, -0.15) is 0 Å². The molecular weight excluding hydrogens is 278 g/mol. The van der Waals surface area contributed by atoms with Crippen molar-refractivity contribution in [3.8, 4) is 0 Å². The summed E-state index contributed by atoms with van der Waals surface area (Å²) in [6, 6.07) is 7.60. The van der Waals surface area contributed by atoms with Gasteiger partial charge in [0.1, 0.15) is 0 Å². The van der Waals surface area contributed by atoms with Crippen LogP contribution >= 0.6 is 0 Å². The fraction of sp³-hybridized carbons (Fsp3) is 0.444. The molecule has 0 aromatic heterocycles. The van der Waals surface area contributed by atoms with Crippen molar-refractivity contribution < 1.29 is 14.7 Å². The van der Waals surface area contributed by atoms with Crippen LogP contribution in [0, 0.1) is 36.0 Å². The summed E-state index contributed by atoms with van der Waals surface area (Å²) >= 11 is 0. The van der Waals surface area contributed by atoms with Crippen molar-refractivity contribution in [1.82, 2.24) is 0 Å². The Morgan fingerprint density at radius 2 is 1.68 bits per heavy atom. The molecule has 1 amide bonds. The zero-order valence-electron chi connectivity index (χ0n) is 12.5. The summed E-state index contributed by atoms with van der Waals surface area (Å²) in [6.07, 6.45) is 6.21. The molecular formula is C18H19NO3. The van der Waals surface area contributed by atoms with E-state index in [0.29, 0.717) is 0 Å². The first kappa shape index (κ1) is 13.6. The minimum absolute atomic E-state index is 0.0313. The fourth-order valence-electron chi connectivity index (χ4n) is 4.55. The number of carbonyl (C=O) groups is 2. The van der Waals surface area contributed by atoms with Gasteiger partial charge in [0.25, 0.3) is 0 Å².